The largest absolute Gasteiger partial charge is 0.383 e. The first-order valence-electron chi connectivity index (χ1n) is 7.43. The highest BCUT2D eigenvalue weighted by Crippen LogP contribution is 2.15. The Kier molecular flexibility index (Phi) is 6.48. The zero-order chi connectivity index (χ0) is 15.1. The number of nitrogens with one attached hydrogen (secondary N) is 1. The van der Waals surface area contributed by atoms with Gasteiger partial charge in [-0.15, -0.1) is 0 Å². The molecule has 0 unspecified atom stereocenters. The number of hydrogen-bond donors (Lipinski definition) is 1. The van der Waals surface area contributed by atoms with Crippen LogP contribution in [-0.4, -0.2) is 54.6 Å². The molecule has 7 heteroatoms. The molecule has 1 aliphatic heterocycles. The van der Waals surface area contributed by atoms with Crippen LogP contribution in [0.1, 0.15) is 19.3 Å². The number of nitrogens with zero attached hydrogens (tertiary/aromatic N) is 3. The first-order chi connectivity index (χ1) is 10.2. The first-order valence-corrected chi connectivity index (χ1v) is 7.81. The van der Waals surface area contributed by atoms with Crippen molar-refractivity contribution in [2.45, 2.75) is 25.8 Å². The van der Waals surface area contributed by atoms with E-state index in [1.807, 2.05) is 0 Å². The number of anilines is 1. The van der Waals surface area contributed by atoms with Gasteiger partial charge in [0.25, 0.3) is 5.56 Å². The molecule has 0 spiro atoms. The Morgan fingerprint density at radius 2 is 2.10 bits per heavy atom. The summed E-state index contributed by atoms with van der Waals surface area (Å²) in [5, 5.41) is 7.50. The lowest BCUT2D eigenvalue weighted by molar-refractivity contribution is 0.182. The normalized spacial score (nSPS) is 16.1. The van der Waals surface area contributed by atoms with Crippen molar-refractivity contribution in [3.63, 3.8) is 0 Å². The van der Waals surface area contributed by atoms with Crippen molar-refractivity contribution in [3.05, 3.63) is 21.6 Å². The molecule has 0 bridgehead atoms. The second-order valence-corrected chi connectivity index (χ2v) is 5.60. The molecule has 21 heavy (non-hydrogen) atoms. The molecule has 2 rings (SSSR count). The van der Waals surface area contributed by atoms with Gasteiger partial charge in [-0.05, 0) is 25.9 Å². The molecule has 0 atom stereocenters. The van der Waals surface area contributed by atoms with Crippen LogP contribution >= 0.6 is 11.6 Å². The summed E-state index contributed by atoms with van der Waals surface area (Å²) in [5.74, 6) is 0. The van der Waals surface area contributed by atoms with Crippen molar-refractivity contribution in [1.29, 1.82) is 0 Å². The van der Waals surface area contributed by atoms with Crippen LogP contribution in [0.25, 0.3) is 0 Å². The van der Waals surface area contributed by atoms with E-state index in [1.54, 1.807) is 13.3 Å². The van der Waals surface area contributed by atoms with Crippen molar-refractivity contribution in [1.82, 2.24) is 14.7 Å². The van der Waals surface area contributed by atoms with E-state index < -0.39 is 0 Å². The lowest BCUT2D eigenvalue weighted by Crippen LogP contribution is -2.34. The molecule has 0 saturated carbocycles. The van der Waals surface area contributed by atoms with Crippen LogP contribution in [0.15, 0.2) is 11.0 Å². The van der Waals surface area contributed by atoms with E-state index in [0.717, 1.165) is 26.2 Å². The zero-order valence-corrected chi connectivity index (χ0v) is 13.2. The van der Waals surface area contributed by atoms with E-state index in [0.29, 0.717) is 18.8 Å². The van der Waals surface area contributed by atoms with Crippen LogP contribution in [0, 0.1) is 0 Å². The molecule has 118 valence electrons. The van der Waals surface area contributed by atoms with Crippen molar-refractivity contribution in [3.8, 4) is 0 Å². The minimum Gasteiger partial charge on any atom is -0.383 e. The molecule has 1 N–H and O–H groups in total. The molecule has 0 amide bonds. The number of rotatable bonds is 7. The summed E-state index contributed by atoms with van der Waals surface area (Å²) < 4.78 is 6.26. The third kappa shape index (κ3) is 4.69. The van der Waals surface area contributed by atoms with E-state index >= 15 is 0 Å². The fourth-order valence-corrected chi connectivity index (χ4v) is 2.67. The summed E-state index contributed by atoms with van der Waals surface area (Å²) in [4.78, 5) is 14.5. The van der Waals surface area contributed by atoms with Gasteiger partial charge >= 0.3 is 0 Å². The molecule has 0 radical (unpaired) electrons. The van der Waals surface area contributed by atoms with Gasteiger partial charge in [0.05, 0.1) is 25.0 Å². The van der Waals surface area contributed by atoms with Gasteiger partial charge in [0.2, 0.25) is 0 Å². The number of likely N-dealkylation sites (tertiary alicyclic amines) is 1. The summed E-state index contributed by atoms with van der Waals surface area (Å²) in [6.45, 7) is 4.89. The summed E-state index contributed by atoms with van der Waals surface area (Å²) in [7, 11) is 1.59. The fourth-order valence-electron chi connectivity index (χ4n) is 2.46. The molecule has 0 aliphatic carbocycles. The van der Waals surface area contributed by atoms with E-state index in [1.165, 1.54) is 23.9 Å². The maximum atomic E-state index is 12.0. The minimum absolute atomic E-state index is 0.194. The Bertz CT molecular complexity index is 500. The predicted octanol–water partition coefficient (Wildman–Crippen LogP) is 1.44. The second-order valence-electron chi connectivity index (χ2n) is 5.22. The van der Waals surface area contributed by atoms with Gasteiger partial charge in [0.15, 0.2) is 0 Å². The summed E-state index contributed by atoms with van der Waals surface area (Å²) in [6.07, 6.45) is 5.49. The molecular formula is C14H23ClN4O2. The van der Waals surface area contributed by atoms with Gasteiger partial charge in [0.1, 0.15) is 5.02 Å². The maximum absolute atomic E-state index is 12.0. The highest BCUT2D eigenvalue weighted by Gasteiger charge is 2.11. The molecule has 2 heterocycles. The van der Waals surface area contributed by atoms with Crippen LogP contribution in [0.5, 0.6) is 0 Å². The van der Waals surface area contributed by atoms with Crippen LogP contribution in [-0.2, 0) is 11.3 Å². The molecule has 0 aromatic carbocycles. The van der Waals surface area contributed by atoms with Crippen LogP contribution in [0.2, 0.25) is 5.02 Å². The molecule has 1 aromatic rings. The smallest absolute Gasteiger partial charge is 0.287 e. The van der Waals surface area contributed by atoms with Crippen molar-refractivity contribution >= 4 is 17.3 Å². The lowest BCUT2D eigenvalue weighted by Gasteiger charge is -2.26. The van der Waals surface area contributed by atoms with Gasteiger partial charge in [-0.25, -0.2) is 4.68 Å². The maximum Gasteiger partial charge on any atom is 0.287 e. The van der Waals surface area contributed by atoms with E-state index in [-0.39, 0.29) is 10.6 Å². The van der Waals surface area contributed by atoms with Gasteiger partial charge in [-0.1, -0.05) is 18.0 Å². The molecule has 1 saturated heterocycles. The highest BCUT2D eigenvalue weighted by molar-refractivity contribution is 6.32. The SMILES string of the molecule is COCCn1ncc(NCCN2CCCCC2)c(Cl)c1=O. The third-order valence-corrected chi connectivity index (χ3v) is 4.05. The Balaban J connectivity index is 1.88. The Hall–Kier alpha value is -1.11. The number of aromatic nitrogens is 2. The van der Waals surface area contributed by atoms with Crippen LogP contribution in [0.3, 0.4) is 0 Å². The number of methoxy groups -OCH3 is 1. The molecule has 1 fully saturated rings. The topological polar surface area (TPSA) is 59.4 Å². The standard InChI is InChI=1S/C14H23ClN4O2/c1-21-10-9-19-14(20)13(15)12(11-17-19)16-5-8-18-6-3-2-4-7-18/h11,16H,2-10H2,1H3. The van der Waals surface area contributed by atoms with Gasteiger partial charge in [-0.3, -0.25) is 4.79 Å². The quantitative estimate of drug-likeness (QED) is 0.825. The number of hydrogen-bond acceptors (Lipinski definition) is 5. The van der Waals surface area contributed by atoms with Crippen LogP contribution in [0.4, 0.5) is 5.69 Å². The van der Waals surface area contributed by atoms with Crippen LogP contribution < -0.4 is 10.9 Å². The van der Waals surface area contributed by atoms with E-state index in [9.17, 15) is 4.79 Å². The molecular weight excluding hydrogens is 292 g/mol. The second kappa shape index (κ2) is 8.36. The molecule has 6 nitrogen and oxygen atoms in total. The average molecular weight is 315 g/mol. The number of halogens is 1. The van der Waals surface area contributed by atoms with Crippen molar-refractivity contribution in [2.75, 3.05) is 45.2 Å². The Morgan fingerprint density at radius 3 is 2.81 bits per heavy atom. The first kappa shape index (κ1) is 16.3. The van der Waals surface area contributed by atoms with Gasteiger partial charge in [0, 0.05) is 20.2 Å². The van der Waals surface area contributed by atoms with Gasteiger partial charge < -0.3 is 15.0 Å². The predicted molar refractivity (Wildman–Crippen MR) is 84.2 cm³/mol. The van der Waals surface area contributed by atoms with Crippen molar-refractivity contribution in [2.24, 2.45) is 0 Å². The minimum atomic E-state index is -0.281. The lowest BCUT2D eigenvalue weighted by atomic mass is 10.1. The average Bonchev–Trinajstić information content (AvgIpc) is 2.52. The van der Waals surface area contributed by atoms with E-state index in [4.69, 9.17) is 16.3 Å². The Labute approximate surface area is 130 Å². The summed E-state index contributed by atoms with van der Waals surface area (Å²) in [5.41, 5.74) is 0.323. The molecule has 1 aromatic heterocycles. The van der Waals surface area contributed by atoms with E-state index in [2.05, 4.69) is 15.3 Å². The number of ether oxygens (including phenoxy) is 1. The number of piperidine rings is 1. The van der Waals surface area contributed by atoms with Crippen molar-refractivity contribution < 1.29 is 4.74 Å². The Morgan fingerprint density at radius 1 is 1.33 bits per heavy atom. The molecule has 1 aliphatic rings. The third-order valence-electron chi connectivity index (χ3n) is 3.68. The zero-order valence-electron chi connectivity index (χ0n) is 12.5. The van der Waals surface area contributed by atoms with Gasteiger partial charge in [-0.2, -0.15) is 5.10 Å². The fraction of sp³-hybridized carbons (Fsp3) is 0.714. The summed E-state index contributed by atoms with van der Waals surface area (Å²) >= 11 is 6.11. The summed E-state index contributed by atoms with van der Waals surface area (Å²) in [6, 6.07) is 0. The monoisotopic (exact) mass is 314 g/mol. The highest BCUT2D eigenvalue weighted by atomic mass is 35.5.